The van der Waals surface area contributed by atoms with Crippen molar-refractivity contribution in [3.8, 4) is 0 Å². The van der Waals surface area contributed by atoms with E-state index >= 15 is 0 Å². The van der Waals surface area contributed by atoms with E-state index < -0.39 is 4.92 Å². The summed E-state index contributed by atoms with van der Waals surface area (Å²) in [4.78, 5) is 12.9. The molecule has 0 amide bonds. The number of likely N-dealkylation sites (N-methyl/N-ethyl adjacent to an activating group) is 1. The standard InChI is InChI=1S/C14H25N5O2/c1-10(2)8-11(9-18(3)4)16-12-6-5-7-13(17-15)14(12)19(20)21/h5-7,10-11,16-17H,8-9,15H2,1-4H3. The molecule has 0 spiro atoms. The number of benzene rings is 1. The maximum absolute atomic E-state index is 11.3. The first-order valence-corrected chi connectivity index (χ1v) is 7.00. The predicted molar refractivity (Wildman–Crippen MR) is 86.3 cm³/mol. The van der Waals surface area contributed by atoms with Gasteiger partial charge in [0.15, 0.2) is 0 Å². The highest BCUT2D eigenvalue weighted by molar-refractivity contribution is 5.76. The fraction of sp³-hybridized carbons (Fsp3) is 0.571. The molecular weight excluding hydrogens is 270 g/mol. The number of nitrogens with one attached hydrogen (secondary N) is 2. The molecule has 0 radical (unpaired) electrons. The van der Waals surface area contributed by atoms with Crippen LogP contribution in [0.15, 0.2) is 18.2 Å². The van der Waals surface area contributed by atoms with Gasteiger partial charge in [-0.15, -0.1) is 0 Å². The van der Waals surface area contributed by atoms with E-state index in [4.69, 9.17) is 5.84 Å². The summed E-state index contributed by atoms with van der Waals surface area (Å²) in [6.45, 7) is 5.07. The Morgan fingerprint density at radius 1 is 1.33 bits per heavy atom. The minimum Gasteiger partial charge on any atom is -0.375 e. The lowest BCUT2D eigenvalue weighted by atomic mass is 10.0. The fourth-order valence-electron chi connectivity index (χ4n) is 2.38. The summed E-state index contributed by atoms with van der Waals surface area (Å²) >= 11 is 0. The quantitative estimate of drug-likeness (QED) is 0.387. The van der Waals surface area contributed by atoms with Gasteiger partial charge in [-0.3, -0.25) is 16.0 Å². The number of anilines is 2. The zero-order chi connectivity index (χ0) is 16.0. The van der Waals surface area contributed by atoms with Crippen molar-refractivity contribution >= 4 is 17.1 Å². The maximum Gasteiger partial charge on any atom is 0.316 e. The number of rotatable bonds is 8. The Kier molecular flexibility index (Phi) is 6.39. The van der Waals surface area contributed by atoms with Crippen LogP contribution in [0.4, 0.5) is 17.1 Å². The van der Waals surface area contributed by atoms with E-state index in [0.717, 1.165) is 13.0 Å². The summed E-state index contributed by atoms with van der Waals surface area (Å²) < 4.78 is 0. The Morgan fingerprint density at radius 3 is 2.43 bits per heavy atom. The van der Waals surface area contributed by atoms with Gasteiger partial charge in [0.25, 0.3) is 0 Å². The summed E-state index contributed by atoms with van der Waals surface area (Å²) in [5, 5.41) is 14.6. The molecule has 0 aromatic heterocycles. The summed E-state index contributed by atoms with van der Waals surface area (Å²) in [5.74, 6) is 5.86. The van der Waals surface area contributed by atoms with E-state index in [1.165, 1.54) is 0 Å². The van der Waals surface area contributed by atoms with Gasteiger partial charge in [-0.05, 0) is 38.6 Å². The molecule has 7 heteroatoms. The number of para-hydroxylation sites is 1. The van der Waals surface area contributed by atoms with E-state index in [0.29, 0.717) is 17.3 Å². The smallest absolute Gasteiger partial charge is 0.316 e. The number of nitro groups is 1. The first kappa shape index (κ1) is 17.2. The van der Waals surface area contributed by atoms with E-state index in [9.17, 15) is 10.1 Å². The van der Waals surface area contributed by atoms with Crippen LogP contribution in [0.2, 0.25) is 0 Å². The largest absolute Gasteiger partial charge is 0.375 e. The zero-order valence-corrected chi connectivity index (χ0v) is 13.1. The first-order valence-electron chi connectivity index (χ1n) is 7.00. The molecule has 1 rings (SSSR count). The van der Waals surface area contributed by atoms with Gasteiger partial charge in [-0.1, -0.05) is 19.9 Å². The lowest BCUT2D eigenvalue weighted by Gasteiger charge is -2.25. The number of hydrogen-bond acceptors (Lipinski definition) is 6. The van der Waals surface area contributed by atoms with Gasteiger partial charge in [-0.25, -0.2) is 0 Å². The normalized spacial score (nSPS) is 12.5. The summed E-state index contributed by atoms with van der Waals surface area (Å²) in [7, 11) is 3.97. The number of nitro benzene ring substituents is 1. The highest BCUT2D eigenvalue weighted by Crippen LogP contribution is 2.33. The average Bonchev–Trinajstić information content (AvgIpc) is 2.36. The van der Waals surface area contributed by atoms with Gasteiger partial charge in [0, 0.05) is 12.6 Å². The highest BCUT2D eigenvalue weighted by atomic mass is 16.6. The Hall–Kier alpha value is -1.86. The molecular formula is C14H25N5O2. The van der Waals surface area contributed by atoms with Crippen LogP contribution in [0.3, 0.4) is 0 Å². The summed E-state index contributed by atoms with van der Waals surface area (Å²) in [6, 6.07) is 5.17. The second-order valence-electron chi connectivity index (χ2n) is 5.84. The van der Waals surface area contributed by atoms with E-state index in [-0.39, 0.29) is 11.7 Å². The maximum atomic E-state index is 11.3. The molecule has 0 aliphatic carbocycles. The number of nitrogen functional groups attached to an aromatic ring is 1. The van der Waals surface area contributed by atoms with Crippen molar-refractivity contribution < 1.29 is 4.92 Å². The zero-order valence-electron chi connectivity index (χ0n) is 13.1. The van der Waals surface area contributed by atoms with Crippen LogP contribution >= 0.6 is 0 Å². The molecule has 118 valence electrons. The molecule has 0 saturated carbocycles. The van der Waals surface area contributed by atoms with Crippen molar-refractivity contribution in [2.24, 2.45) is 11.8 Å². The minimum absolute atomic E-state index is 0.0208. The van der Waals surface area contributed by atoms with Crippen LogP contribution < -0.4 is 16.6 Å². The van der Waals surface area contributed by atoms with Crippen LogP contribution in [0.5, 0.6) is 0 Å². The van der Waals surface area contributed by atoms with E-state index in [1.54, 1.807) is 18.2 Å². The molecule has 4 N–H and O–H groups in total. The molecule has 0 aliphatic rings. The second-order valence-corrected chi connectivity index (χ2v) is 5.84. The second kappa shape index (κ2) is 7.80. The first-order chi connectivity index (χ1) is 9.85. The third kappa shape index (κ3) is 5.20. The summed E-state index contributed by atoms with van der Waals surface area (Å²) in [6.07, 6.45) is 0.926. The van der Waals surface area contributed by atoms with Crippen LogP contribution in [-0.2, 0) is 0 Å². The number of nitrogens with two attached hydrogens (primary N) is 1. The fourth-order valence-corrected chi connectivity index (χ4v) is 2.38. The Morgan fingerprint density at radius 2 is 1.95 bits per heavy atom. The Labute approximate surface area is 125 Å². The van der Waals surface area contributed by atoms with Crippen LogP contribution in [0.1, 0.15) is 20.3 Å². The molecule has 1 aromatic rings. The average molecular weight is 295 g/mol. The molecule has 1 aromatic carbocycles. The third-order valence-corrected chi connectivity index (χ3v) is 3.08. The number of hydrogen-bond donors (Lipinski definition) is 3. The molecule has 0 bridgehead atoms. The van der Waals surface area contributed by atoms with Crippen molar-refractivity contribution in [1.29, 1.82) is 0 Å². The lowest BCUT2D eigenvalue weighted by Crippen LogP contribution is -2.33. The monoisotopic (exact) mass is 295 g/mol. The van der Waals surface area contributed by atoms with Crippen LogP contribution in [0, 0.1) is 16.0 Å². The van der Waals surface area contributed by atoms with Gasteiger partial charge < -0.3 is 15.6 Å². The van der Waals surface area contributed by atoms with Crippen LogP contribution in [-0.4, -0.2) is 36.5 Å². The lowest BCUT2D eigenvalue weighted by molar-refractivity contribution is -0.383. The summed E-state index contributed by atoms with van der Waals surface area (Å²) in [5.41, 5.74) is 3.15. The molecule has 0 heterocycles. The molecule has 0 saturated heterocycles. The van der Waals surface area contributed by atoms with Gasteiger partial charge in [0.2, 0.25) is 0 Å². The van der Waals surface area contributed by atoms with E-state index in [1.807, 2.05) is 14.1 Å². The van der Waals surface area contributed by atoms with Crippen molar-refractivity contribution in [3.63, 3.8) is 0 Å². The van der Waals surface area contributed by atoms with Crippen molar-refractivity contribution in [2.45, 2.75) is 26.3 Å². The SMILES string of the molecule is CC(C)CC(CN(C)C)Nc1cccc(NN)c1[N+](=O)[O-]. The van der Waals surface area contributed by atoms with Crippen molar-refractivity contribution in [3.05, 3.63) is 28.3 Å². The number of hydrazine groups is 1. The Balaban J connectivity index is 3.04. The molecule has 1 atom stereocenters. The molecule has 0 fully saturated rings. The van der Waals surface area contributed by atoms with Gasteiger partial charge in [0.1, 0.15) is 11.4 Å². The third-order valence-electron chi connectivity index (χ3n) is 3.08. The topological polar surface area (TPSA) is 96.5 Å². The van der Waals surface area contributed by atoms with E-state index in [2.05, 4.69) is 29.5 Å². The van der Waals surface area contributed by atoms with Gasteiger partial charge >= 0.3 is 5.69 Å². The highest BCUT2D eigenvalue weighted by Gasteiger charge is 2.22. The minimum atomic E-state index is -0.417. The van der Waals surface area contributed by atoms with Crippen molar-refractivity contribution in [1.82, 2.24) is 4.90 Å². The Bertz CT molecular complexity index is 466. The predicted octanol–water partition coefficient (Wildman–Crippen LogP) is 2.27. The number of nitrogens with zero attached hydrogens (tertiary/aromatic N) is 2. The molecule has 7 nitrogen and oxygen atoms in total. The molecule has 21 heavy (non-hydrogen) atoms. The molecule has 0 aliphatic heterocycles. The van der Waals surface area contributed by atoms with Crippen molar-refractivity contribution in [2.75, 3.05) is 31.4 Å². The van der Waals surface area contributed by atoms with Gasteiger partial charge in [-0.2, -0.15) is 0 Å². The van der Waals surface area contributed by atoms with Gasteiger partial charge in [0.05, 0.1) is 4.92 Å². The van der Waals surface area contributed by atoms with Crippen LogP contribution in [0.25, 0.3) is 0 Å². The molecule has 1 unspecified atom stereocenters.